The zero-order chi connectivity index (χ0) is 21.6. The number of urea groups is 1. The Kier molecular flexibility index (Phi) is 7.55. The summed E-state index contributed by atoms with van der Waals surface area (Å²) >= 11 is 0. The highest BCUT2D eigenvalue weighted by atomic mass is 16.5. The van der Waals surface area contributed by atoms with Gasteiger partial charge < -0.3 is 25.0 Å². The van der Waals surface area contributed by atoms with Gasteiger partial charge in [-0.3, -0.25) is 9.69 Å². The van der Waals surface area contributed by atoms with E-state index in [1.165, 1.54) is 0 Å². The number of morpholine rings is 1. The molecule has 0 saturated carbocycles. The Morgan fingerprint density at radius 2 is 1.90 bits per heavy atom. The van der Waals surface area contributed by atoms with E-state index in [0.29, 0.717) is 25.2 Å². The van der Waals surface area contributed by atoms with Crippen LogP contribution >= 0.6 is 0 Å². The number of carbonyl (C=O) groups excluding carboxylic acids is 2. The molecule has 30 heavy (non-hydrogen) atoms. The topological polar surface area (TPSA) is 83.1 Å². The first kappa shape index (κ1) is 22.4. The summed E-state index contributed by atoms with van der Waals surface area (Å²) in [6, 6.07) is 6.56. The van der Waals surface area contributed by atoms with Gasteiger partial charge in [0.05, 0.1) is 20.3 Å². The molecule has 2 saturated heterocycles. The van der Waals surface area contributed by atoms with Crippen LogP contribution in [0, 0.1) is 0 Å². The Morgan fingerprint density at radius 3 is 2.53 bits per heavy atom. The van der Waals surface area contributed by atoms with Gasteiger partial charge in [0.15, 0.2) is 0 Å². The number of ether oxygens (including phenoxy) is 2. The molecule has 2 fully saturated rings. The van der Waals surface area contributed by atoms with E-state index in [2.05, 4.69) is 29.4 Å². The van der Waals surface area contributed by atoms with Gasteiger partial charge in [0.25, 0.3) is 0 Å². The summed E-state index contributed by atoms with van der Waals surface area (Å²) in [7, 11) is 1.60. The highest BCUT2D eigenvalue weighted by Gasteiger charge is 2.36. The molecule has 2 aliphatic rings. The largest absolute Gasteiger partial charge is 0.497 e. The number of nitrogens with one attached hydrogen (secondary N) is 2. The Bertz CT molecular complexity index is 720. The number of anilines is 1. The van der Waals surface area contributed by atoms with E-state index in [0.717, 1.165) is 44.9 Å². The van der Waals surface area contributed by atoms with Crippen LogP contribution in [0.1, 0.15) is 33.1 Å². The molecule has 0 bridgehead atoms. The van der Waals surface area contributed by atoms with Gasteiger partial charge in [-0.15, -0.1) is 0 Å². The molecule has 2 atom stereocenters. The molecule has 3 amide bonds. The van der Waals surface area contributed by atoms with Gasteiger partial charge in [-0.05, 0) is 50.5 Å². The van der Waals surface area contributed by atoms with E-state index < -0.39 is 6.04 Å². The highest BCUT2D eigenvalue weighted by molar-refractivity contribution is 5.97. The predicted octanol–water partition coefficient (Wildman–Crippen LogP) is 2.31. The van der Waals surface area contributed by atoms with Gasteiger partial charge >= 0.3 is 6.03 Å². The van der Waals surface area contributed by atoms with Crippen molar-refractivity contribution in [2.75, 3.05) is 51.8 Å². The lowest BCUT2D eigenvalue weighted by atomic mass is 9.95. The van der Waals surface area contributed by atoms with Gasteiger partial charge in [0.1, 0.15) is 11.8 Å². The van der Waals surface area contributed by atoms with Crippen molar-refractivity contribution in [1.82, 2.24) is 15.1 Å². The van der Waals surface area contributed by atoms with E-state index in [-0.39, 0.29) is 17.5 Å². The predicted molar refractivity (Wildman–Crippen MR) is 116 cm³/mol. The molecular weight excluding hydrogens is 384 g/mol. The molecule has 2 unspecified atom stereocenters. The molecule has 2 N–H and O–H groups in total. The van der Waals surface area contributed by atoms with Crippen molar-refractivity contribution < 1.29 is 19.1 Å². The third-order valence-corrected chi connectivity index (χ3v) is 6.33. The van der Waals surface area contributed by atoms with Crippen molar-refractivity contribution in [2.24, 2.45) is 0 Å². The zero-order valence-electron chi connectivity index (χ0n) is 18.3. The Hall–Kier alpha value is -2.32. The Labute approximate surface area is 178 Å². The number of hydrogen-bond donors (Lipinski definition) is 2. The maximum absolute atomic E-state index is 12.9. The molecule has 1 aromatic rings. The quantitative estimate of drug-likeness (QED) is 0.710. The maximum Gasteiger partial charge on any atom is 0.318 e. The standard InChI is InChI=1S/C22H34N4O4/c1-4-22(2,25-12-14-30-15-13-25)16-23-21(28)26-11-5-6-19(26)20(27)24-17-7-9-18(29-3)10-8-17/h7-10,19H,4-6,11-16H2,1-3H3,(H,23,28)(H,24,27). The van der Waals surface area contributed by atoms with E-state index in [9.17, 15) is 9.59 Å². The second-order valence-corrected chi connectivity index (χ2v) is 8.18. The van der Waals surface area contributed by atoms with Gasteiger partial charge in [-0.25, -0.2) is 4.79 Å². The minimum Gasteiger partial charge on any atom is -0.497 e. The number of likely N-dealkylation sites (tertiary alicyclic amines) is 1. The van der Waals surface area contributed by atoms with Crippen molar-refractivity contribution >= 4 is 17.6 Å². The normalized spacial score (nSPS) is 21.7. The summed E-state index contributed by atoms with van der Waals surface area (Å²) in [5, 5.41) is 6.00. The van der Waals surface area contributed by atoms with Crippen molar-refractivity contribution in [3.05, 3.63) is 24.3 Å². The number of nitrogens with zero attached hydrogens (tertiary/aromatic N) is 2. The third-order valence-electron chi connectivity index (χ3n) is 6.33. The molecule has 0 radical (unpaired) electrons. The van der Waals surface area contributed by atoms with E-state index in [1.807, 2.05) is 0 Å². The van der Waals surface area contributed by atoms with Gasteiger partial charge in [-0.2, -0.15) is 0 Å². The lowest BCUT2D eigenvalue weighted by molar-refractivity contribution is -0.119. The molecule has 2 aliphatic heterocycles. The molecule has 2 heterocycles. The lowest BCUT2D eigenvalue weighted by Gasteiger charge is -2.43. The summed E-state index contributed by atoms with van der Waals surface area (Å²) in [4.78, 5) is 29.8. The fourth-order valence-corrected chi connectivity index (χ4v) is 4.11. The summed E-state index contributed by atoms with van der Waals surface area (Å²) < 4.78 is 10.6. The van der Waals surface area contributed by atoms with E-state index >= 15 is 0 Å². The summed E-state index contributed by atoms with van der Waals surface area (Å²) in [6.07, 6.45) is 2.42. The number of carbonyl (C=O) groups is 2. The van der Waals surface area contributed by atoms with Crippen molar-refractivity contribution in [3.8, 4) is 5.75 Å². The minimum absolute atomic E-state index is 0.125. The molecule has 166 valence electrons. The van der Waals surface area contributed by atoms with E-state index in [4.69, 9.17) is 9.47 Å². The molecule has 3 rings (SSSR count). The first-order valence-electron chi connectivity index (χ1n) is 10.8. The Morgan fingerprint density at radius 1 is 1.20 bits per heavy atom. The van der Waals surface area contributed by atoms with Crippen LogP contribution in [0.15, 0.2) is 24.3 Å². The average molecular weight is 419 g/mol. The van der Waals surface area contributed by atoms with Crippen LogP contribution in [0.4, 0.5) is 10.5 Å². The van der Waals surface area contributed by atoms with Crippen LogP contribution in [0.5, 0.6) is 5.75 Å². The fraction of sp³-hybridized carbons (Fsp3) is 0.636. The number of benzene rings is 1. The number of methoxy groups -OCH3 is 1. The molecule has 0 aliphatic carbocycles. The second kappa shape index (κ2) is 10.1. The summed E-state index contributed by atoms with van der Waals surface area (Å²) in [6.45, 7) is 8.65. The molecule has 8 heteroatoms. The zero-order valence-corrected chi connectivity index (χ0v) is 18.3. The molecule has 0 spiro atoms. The van der Waals surface area contributed by atoms with Crippen LogP contribution in [0.2, 0.25) is 0 Å². The second-order valence-electron chi connectivity index (χ2n) is 8.18. The molecule has 1 aromatic carbocycles. The monoisotopic (exact) mass is 418 g/mol. The average Bonchev–Trinajstić information content (AvgIpc) is 3.28. The van der Waals surface area contributed by atoms with E-state index in [1.54, 1.807) is 36.3 Å². The van der Waals surface area contributed by atoms with Crippen LogP contribution in [-0.4, -0.2) is 79.8 Å². The minimum atomic E-state index is -0.455. The lowest BCUT2D eigenvalue weighted by Crippen LogP contribution is -2.58. The summed E-state index contributed by atoms with van der Waals surface area (Å²) in [5.74, 6) is 0.577. The van der Waals surface area contributed by atoms with Crippen LogP contribution in [0.3, 0.4) is 0 Å². The van der Waals surface area contributed by atoms with Crippen molar-refractivity contribution in [1.29, 1.82) is 0 Å². The first-order valence-corrected chi connectivity index (χ1v) is 10.8. The number of rotatable bonds is 7. The third kappa shape index (κ3) is 5.23. The first-order chi connectivity index (χ1) is 14.5. The van der Waals surface area contributed by atoms with Crippen LogP contribution in [-0.2, 0) is 9.53 Å². The van der Waals surface area contributed by atoms with Gasteiger partial charge in [0.2, 0.25) is 5.91 Å². The number of hydrogen-bond acceptors (Lipinski definition) is 5. The molecule has 8 nitrogen and oxygen atoms in total. The fourth-order valence-electron chi connectivity index (χ4n) is 4.11. The van der Waals surface area contributed by atoms with Gasteiger partial charge in [0, 0.05) is 37.4 Å². The number of amides is 3. The van der Waals surface area contributed by atoms with Crippen molar-refractivity contribution in [2.45, 2.75) is 44.7 Å². The maximum atomic E-state index is 12.9. The van der Waals surface area contributed by atoms with Gasteiger partial charge in [-0.1, -0.05) is 6.92 Å². The van der Waals surface area contributed by atoms with Crippen molar-refractivity contribution in [3.63, 3.8) is 0 Å². The molecular formula is C22H34N4O4. The smallest absolute Gasteiger partial charge is 0.318 e. The SMILES string of the molecule is CCC(C)(CNC(=O)N1CCCC1C(=O)Nc1ccc(OC)cc1)N1CCOCC1. The summed E-state index contributed by atoms with van der Waals surface area (Å²) in [5.41, 5.74) is 0.568. The molecule has 0 aromatic heterocycles. The Balaban J connectivity index is 1.56. The van der Waals surface area contributed by atoms with Crippen LogP contribution in [0.25, 0.3) is 0 Å². The highest BCUT2D eigenvalue weighted by Crippen LogP contribution is 2.23. The van der Waals surface area contributed by atoms with Crippen LogP contribution < -0.4 is 15.4 Å².